The summed E-state index contributed by atoms with van der Waals surface area (Å²) in [6, 6.07) is 12.2. The highest BCUT2D eigenvalue weighted by Gasteiger charge is 2.35. The molecule has 2 aromatic rings. The lowest BCUT2D eigenvalue weighted by Crippen LogP contribution is -2.31. The quantitative estimate of drug-likeness (QED) is 0.570. The van der Waals surface area contributed by atoms with E-state index in [-0.39, 0.29) is 17.8 Å². The molecule has 3 rings (SSSR count). The molecule has 0 spiro atoms. The molecule has 28 heavy (non-hydrogen) atoms. The number of aryl methyl sites for hydroxylation is 1. The minimum Gasteiger partial charge on any atom is -0.385 e. The Bertz CT molecular complexity index is 910. The monoisotopic (exact) mass is 381 g/mol. The summed E-state index contributed by atoms with van der Waals surface area (Å²) >= 11 is 0. The third kappa shape index (κ3) is 4.37. The van der Waals surface area contributed by atoms with Gasteiger partial charge in [-0.1, -0.05) is 29.8 Å². The fourth-order valence-corrected chi connectivity index (χ4v) is 3.12. The minimum atomic E-state index is -0.379. The van der Waals surface area contributed by atoms with Gasteiger partial charge in [0, 0.05) is 32.5 Å². The topological polar surface area (TPSA) is 87.7 Å². The van der Waals surface area contributed by atoms with Gasteiger partial charge in [0.2, 0.25) is 0 Å². The zero-order chi connectivity index (χ0) is 20.1. The van der Waals surface area contributed by atoms with E-state index in [2.05, 4.69) is 10.6 Å². The summed E-state index contributed by atoms with van der Waals surface area (Å²) in [5.74, 6) is -0.661. The Balaban J connectivity index is 1.62. The number of nitrogens with one attached hydrogen (secondary N) is 2. The van der Waals surface area contributed by atoms with E-state index in [1.54, 1.807) is 19.2 Å². The average Bonchev–Trinajstić information content (AvgIpc) is 2.91. The summed E-state index contributed by atoms with van der Waals surface area (Å²) in [4.78, 5) is 38.3. The highest BCUT2D eigenvalue weighted by molar-refractivity contribution is 6.21. The van der Waals surface area contributed by atoms with Gasteiger partial charge < -0.3 is 15.4 Å². The first-order valence-electron chi connectivity index (χ1n) is 9.09. The number of anilines is 1. The predicted octanol–water partition coefficient (Wildman–Crippen LogP) is 2.95. The van der Waals surface area contributed by atoms with E-state index >= 15 is 0 Å². The van der Waals surface area contributed by atoms with Crippen molar-refractivity contribution in [3.8, 4) is 0 Å². The van der Waals surface area contributed by atoms with Crippen LogP contribution in [0.3, 0.4) is 0 Å². The summed E-state index contributed by atoms with van der Waals surface area (Å²) in [6.07, 6.45) is 0.578. The van der Waals surface area contributed by atoms with Crippen LogP contribution in [0, 0.1) is 6.92 Å². The van der Waals surface area contributed by atoms with Crippen LogP contribution < -0.4 is 10.6 Å². The largest absolute Gasteiger partial charge is 0.385 e. The van der Waals surface area contributed by atoms with Crippen molar-refractivity contribution < 1.29 is 19.1 Å². The molecule has 7 nitrogen and oxygen atoms in total. The van der Waals surface area contributed by atoms with Crippen LogP contribution in [0.2, 0.25) is 0 Å². The molecule has 4 amide bonds. The summed E-state index contributed by atoms with van der Waals surface area (Å²) in [5.41, 5.74) is 3.24. The molecule has 0 aliphatic carbocycles. The summed E-state index contributed by atoms with van der Waals surface area (Å²) in [5, 5.41) is 5.49. The van der Waals surface area contributed by atoms with Crippen molar-refractivity contribution in [1.82, 2.24) is 10.2 Å². The maximum Gasteiger partial charge on any atom is 0.319 e. The molecule has 0 atom stereocenters. The highest BCUT2D eigenvalue weighted by atomic mass is 16.5. The van der Waals surface area contributed by atoms with Crippen LogP contribution in [0.25, 0.3) is 0 Å². The van der Waals surface area contributed by atoms with Crippen LogP contribution in [-0.2, 0) is 11.3 Å². The Morgan fingerprint density at radius 1 is 1.07 bits per heavy atom. The van der Waals surface area contributed by atoms with Crippen molar-refractivity contribution >= 4 is 23.5 Å². The standard InChI is InChI=1S/C21H23N3O4/c1-14-5-3-6-15(11-14)13-22-21(27)23-16-7-8-17-18(12-16)20(26)24(19(17)25)9-4-10-28-2/h3,5-8,11-12H,4,9-10,13H2,1-2H3,(H2,22,23,27). The van der Waals surface area contributed by atoms with Crippen LogP contribution in [0.1, 0.15) is 38.3 Å². The van der Waals surface area contributed by atoms with Gasteiger partial charge in [0.15, 0.2) is 0 Å². The molecule has 1 aliphatic rings. The molecule has 0 radical (unpaired) electrons. The van der Waals surface area contributed by atoms with E-state index in [4.69, 9.17) is 4.74 Å². The van der Waals surface area contributed by atoms with Crippen molar-refractivity contribution in [2.45, 2.75) is 19.9 Å². The molecule has 0 saturated heterocycles. The molecule has 146 valence electrons. The maximum absolute atomic E-state index is 12.5. The number of imide groups is 1. The Kier molecular flexibility index (Phi) is 6.06. The normalized spacial score (nSPS) is 12.9. The number of hydrogen-bond donors (Lipinski definition) is 2. The van der Waals surface area contributed by atoms with E-state index < -0.39 is 0 Å². The number of methoxy groups -OCH3 is 1. The molecule has 7 heteroatoms. The third-order valence-electron chi connectivity index (χ3n) is 4.49. The number of carbonyl (C=O) groups is 3. The summed E-state index contributed by atoms with van der Waals surface area (Å²) in [7, 11) is 1.57. The lowest BCUT2D eigenvalue weighted by molar-refractivity contribution is 0.0638. The van der Waals surface area contributed by atoms with Crippen LogP contribution >= 0.6 is 0 Å². The Hall–Kier alpha value is -3.19. The van der Waals surface area contributed by atoms with Gasteiger partial charge in [0.1, 0.15) is 0 Å². The second-order valence-corrected chi connectivity index (χ2v) is 6.67. The highest BCUT2D eigenvalue weighted by Crippen LogP contribution is 2.26. The molecule has 0 aromatic heterocycles. The number of carbonyl (C=O) groups excluding carboxylic acids is 3. The lowest BCUT2D eigenvalue weighted by atomic mass is 10.1. The first kappa shape index (κ1) is 19.6. The molecule has 0 saturated carbocycles. The molecule has 0 bridgehead atoms. The zero-order valence-electron chi connectivity index (χ0n) is 16.0. The fraction of sp³-hybridized carbons (Fsp3) is 0.286. The number of benzene rings is 2. The third-order valence-corrected chi connectivity index (χ3v) is 4.49. The minimum absolute atomic E-state index is 0.305. The Morgan fingerprint density at radius 2 is 1.86 bits per heavy atom. The Morgan fingerprint density at radius 3 is 2.61 bits per heavy atom. The maximum atomic E-state index is 12.5. The molecule has 0 unspecified atom stereocenters. The van der Waals surface area contributed by atoms with E-state index in [9.17, 15) is 14.4 Å². The van der Waals surface area contributed by atoms with Crippen molar-refractivity contribution in [2.24, 2.45) is 0 Å². The van der Waals surface area contributed by atoms with Gasteiger partial charge >= 0.3 is 6.03 Å². The number of urea groups is 1. The number of nitrogens with zero attached hydrogens (tertiary/aromatic N) is 1. The zero-order valence-corrected chi connectivity index (χ0v) is 16.0. The molecule has 1 heterocycles. The number of hydrogen-bond acceptors (Lipinski definition) is 4. The molecule has 2 N–H and O–H groups in total. The van der Waals surface area contributed by atoms with Crippen molar-refractivity contribution in [3.63, 3.8) is 0 Å². The van der Waals surface area contributed by atoms with E-state index in [0.717, 1.165) is 11.1 Å². The van der Waals surface area contributed by atoms with Crippen molar-refractivity contribution in [2.75, 3.05) is 25.6 Å². The van der Waals surface area contributed by atoms with Gasteiger partial charge in [-0.05, 0) is 37.1 Å². The van der Waals surface area contributed by atoms with Crippen LogP contribution in [0.15, 0.2) is 42.5 Å². The van der Waals surface area contributed by atoms with Gasteiger partial charge in [0.25, 0.3) is 11.8 Å². The van der Waals surface area contributed by atoms with Gasteiger partial charge in [-0.25, -0.2) is 4.79 Å². The van der Waals surface area contributed by atoms with E-state index in [1.807, 2.05) is 31.2 Å². The molecular weight excluding hydrogens is 358 g/mol. The molecule has 2 aromatic carbocycles. The lowest BCUT2D eigenvalue weighted by Gasteiger charge is -2.12. The van der Waals surface area contributed by atoms with Gasteiger partial charge in [0.05, 0.1) is 11.1 Å². The molecular formula is C21H23N3O4. The van der Waals surface area contributed by atoms with Crippen LogP contribution in [-0.4, -0.2) is 43.0 Å². The molecule has 0 fully saturated rings. The molecule has 1 aliphatic heterocycles. The smallest absolute Gasteiger partial charge is 0.319 e. The van der Waals surface area contributed by atoms with Crippen molar-refractivity contribution in [3.05, 3.63) is 64.7 Å². The summed E-state index contributed by atoms with van der Waals surface area (Å²) < 4.78 is 4.97. The van der Waals surface area contributed by atoms with Crippen LogP contribution in [0.4, 0.5) is 10.5 Å². The average molecular weight is 381 g/mol. The van der Waals surface area contributed by atoms with Gasteiger partial charge in [-0.15, -0.1) is 0 Å². The number of amides is 4. The second kappa shape index (κ2) is 8.67. The van der Waals surface area contributed by atoms with Gasteiger partial charge in [-0.3, -0.25) is 14.5 Å². The van der Waals surface area contributed by atoms with Gasteiger partial charge in [-0.2, -0.15) is 0 Å². The number of ether oxygens (including phenoxy) is 1. The second-order valence-electron chi connectivity index (χ2n) is 6.67. The van der Waals surface area contributed by atoms with Crippen molar-refractivity contribution in [1.29, 1.82) is 0 Å². The fourth-order valence-electron chi connectivity index (χ4n) is 3.12. The number of fused-ring (bicyclic) bond motifs is 1. The Labute approximate surface area is 163 Å². The first-order chi connectivity index (χ1) is 13.5. The first-order valence-corrected chi connectivity index (χ1v) is 9.09. The predicted molar refractivity (Wildman–Crippen MR) is 105 cm³/mol. The van der Waals surface area contributed by atoms with E-state index in [0.29, 0.717) is 42.9 Å². The summed E-state index contributed by atoms with van der Waals surface area (Å²) in [6.45, 7) is 3.16. The SMILES string of the molecule is COCCCN1C(=O)c2ccc(NC(=O)NCc3cccc(C)c3)cc2C1=O. The van der Waals surface area contributed by atoms with Crippen LogP contribution in [0.5, 0.6) is 0 Å². The number of rotatable bonds is 7. The van der Waals surface area contributed by atoms with E-state index in [1.165, 1.54) is 11.0 Å².